The fourth-order valence-electron chi connectivity index (χ4n) is 3.21. The van der Waals surface area contributed by atoms with Crippen LogP contribution in [0.2, 0.25) is 0 Å². The van der Waals surface area contributed by atoms with Gasteiger partial charge in [-0.25, -0.2) is 4.98 Å². The van der Waals surface area contributed by atoms with Gasteiger partial charge in [-0.2, -0.15) is 5.10 Å². The van der Waals surface area contributed by atoms with Gasteiger partial charge in [0.25, 0.3) is 0 Å². The number of nitrogens with zero attached hydrogens (tertiary/aromatic N) is 2. The van der Waals surface area contributed by atoms with Crippen LogP contribution in [-0.4, -0.2) is 33.0 Å². The highest BCUT2D eigenvalue weighted by Gasteiger charge is 2.24. The molecule has 1 atom stereocenters. The lowest BCUT2D eigenvalue weighted by molar-refractivity contribution is -0.136. The number of aromatic nitrogens is 3. The van der Waals surface area contributed by atoms with Crippen molar-refractivity contribution in [1.29, 1.82) is 0 Å². The fourth-order valence-corrected chi connectivity index (χ4v) is 3.21. The molecule has 1 aliphatic rings. The molecule has 2 amide bonds. The van der Waals surface area contributed by atoms with E-state index >= 15 is 0 Å². The van der Waals surface area contributed by atoms with E-state index in [1.54, 1.807) is 18.3 Å². The lowest BCUT2D eigenvalue weighted by atomic mass is 9.94. The highest BCUT2D eigenvalue weighted by atomic mass is 16.5. The summed E-state index contributed by atoms with van der Waals surface area (Å²) in [5, 5.41) is 12.3. The first-order valence-electron chi connectivity index (χ1n) is 9.40. The predicted molar refractivity (Wildman–Crippen MR) is 107 cm³/mol. The normalized spacial score (nSPS) is 15.3. The van der Waals surface area contributed by atoms with Gasteiger partial charge in [0.1, 0.15) is 5.75 Å². The number of hydrogen-bond acceptors (Lipinski definition) is 5. The molecular formula is C21H21N5O3. The zero-order chi connectivity index (χ0) is 20.2. The quantitative estimate of drug-likeness (QED) is 0.592. The maximum absolute atomic E-state index is 12.2. The second-order valence-electron chi connectivity index (χ2n) is 7.04. The van der Waals surface area contributed by atoms with Gasteiger partial charge in [-0.05, 0) is 43.5 Å². The lowest BCUT2D eigenvalue weighted by Crippen LogP contribution is -2.44. The maximum Gasteiger partial charge on any atom is 0.313 e. The Labute approximate surface area is 167 Å². The fraction of sp³-hybridized carbons (Fsp3) is 0.238. The second-order valence-corrected chi connectivity index (χ2v) is 7.04. The Morgan fingerprint density at radius 1 is 1.10 bits per heavy atom. The third-order valence-corrected chi connectivity index (χ3v) is 4.80. The molecule has 0 fully saturated rings. The van der Waals surface area contributed by atoms with Crippen LogP contribution in [0.25, 0.3) is 0 Å². The van der Waals surface area contributed by atoms with Crippen molar-refractivity contribution in [2.45, 2.75) is 32.2 Å². The van der Waals surface area contributed by atoms with Crippen LogP contribution in [0.1, 0.15) is 23.2 Å². The Hall–Kier alpha value is -3.68. The minimum atomic E-state index is -0.727. The van der Waals surface area contributed by atoms with Gasteiger partial charge in [0.05, 0.1) is 18.1 Å². The third-order valence-electron chi connectivity index (χ3n) is 4.80. The molecule has 29 heavy (non-hydrogen) atoms. The summed E-state index contributed by atoms with van der Waals surface area (Å²) in [7, 11) is 0. The summed E-state index contributed by atoms with van der Waals surface area (Å²) in [6, 6.07) is 10.8. The molecule has 3 N–H and O–H groups in total. The molecule has 1 aromatic carbocycles. The Bertz CT molecular complexity index is 1010. The van der Waals surface area contributed by atoms with Crippen molar-refractivity contribution in [1.82, 2.24) is 20.5 Å². The summed E-state index contributed by atoms with van der Waals surface area (Å²) in [6.07, 6.45) is 5.50. The number of anilines is 1. The SMILES string of the molecule is Cc1ccc(Oc2ccc(NC(=O)C(=O)NC3CCc4cn[nH]c4C3)cn2)cc1. The Morgan fingerprint density at radius 3 is 2.69 bits per heavy atom. The van der Waals surface area contributed by atoms with Crippen molar-refractivity contribution >= 4 is 17.5 Å². The van der Waals surface area contributed by atoms with Gasteiger partial charge in [-0.1, -0.05) is 17.7 Å². The van der Waals surface area contributed by atoms with Crippen LogP contribution >= 0.6 is 0 Å². The average molecular weight is 391 g/mol. The zero-order valence-electron chi connectivity index (χ0n) is 15.9. The van der Waals surface area contributed by atoms with Crippen LogP contribution in [0.5, 0.6) is 11.6 Å². The third kappa shape index (κ3) is 4.60. The maximum atomic E-state index is 12.2. The molecule has 0 bridgehead atoms. The van der Waals surface area contributed by atoms with E-state index in [0.717, 1.165) is 24.1 Å². The molecule has 0 saturated heterocycles. The summed E-state index contributed by atoms with van der Waals surface area (Å²) < 4.78 is 5.65. The summed E-state index contributed by atoms with van der Waals surface area (Å²) in [6.45, 7) is 2.00. The minimum absolute atomic E-state index is 0.0930. The van der Waals surface area contributed by atoms with Crippen LogP contribution in [0.3, 0.4) is 0 Å². The smallest absolute Gasteiger partial charge is 0.313 e. The largest absolute Gasteiger partial charge is 0.439 e. The van der Waals surface area contributed by atoms with Crippen LogP contribution in [0.15, 0.2) is 48.8 Å². The van der Waals surface area contributed by atoms with Crippen molar-refractivity contribution in [3.05, 3.63) is 65.6 Å². The van der Waals surface area contributed by atoms with Crippen molar-refractivity contribution in [2.24, 2.45) is 0 Å². The highest BCUT2D eigenvalue weighted by molar-refractivity contribution is 6.39. The molecule has 0 spiro atoms. The summed E-state index contributed by atoms with van der Waals surface area (Å²) in [5.74, 6) is -0.326. The van der Waals surface area contributed by atoms with E-state index in [2.05, 4.69) is 25.8 Å². The van der Waals surface area contributed by atoms with Crippen LogP contribution in [0.4, 0.5) is 5.69 Å². The van der Waals surface area contributed by atoms with E-state index < -0.39 is 11.8 Å². The average Bonchev–Trinajstić information content (AvgIpc) is 3.19. The van der Waals surface area contributed by atoms with Gasteiger partial charge in [0, 0.05) is 24.2 Å². The van der Waals surface area contributed by atoms with Gasteiger partial charge in [-0.3, -0.25) is 14.7 Å². The number of benzene rings is 1. The molecule has 148 valence electrons. The molecule has 0 saturated carbocycles. The molecule has 3 aromatic rings. The number of aromatic amines is 1. The monoisotopic (exact) mass is 391 g/mol. The Balaban J connectivity index is 1.30. The van der Waals surface area contributed by atoms with Crippen LogP contribution in [-0.2, 0) is 22.4 Å². The van der Waals surface area contributed by atoms with Crippen molar-refractivity contribution in [2.75, 3.05) is 5.32 Å². The van der Waals surface area contributed by atoms with Crippen LogP contribution in [0, 0.1) is 6.92 Å². The van der Waals surface area contributed by atoms with Crippen molar-refractivity contribution < 1.29 is 14.3 Å². The summed E-state index contributed by atoms with van der Waals surface area (Å²) in [5.41, 5.74) is 3.73. The summed E-state index contributed by atoms with van der Waals surface area (Å²) in [4.78, 5) is 28.6. The molecule has 0 aliphatic heterocycles. The van der Waals surface area contributed by atoms with E-state index in [0.29, 0.717) is 23.7 Å². The van der Waals surface area contributed by atoms with Crippen molar-refractivity contribution in [3.63, 3.8) is 0 Å². The van der Waals surface area contributed by atoms with E-state index in [-0.39, 0.29) is 6.04 Å². The van der Waals surface area contributed by atoms with E-state index in [4.69, 9.17) is 4.74 Å². The summed E-state index contributed by atoms with van der Waals surface area (Å²) >= 11 is 0. The number of H-pyrrole nitrogens is 1. The molecule has 2 heterocycles. The standard InChI is InChI=1S/C21H21N5O3/c1-13-2-7-17(8-3-13)29-19-9-6-16(12-22-19)25-21(28)20(27)24-15-5-4-14-11-23-26-18(14)10-15/h2-3,6-9,11-12,15H,4-5,10H2,1H3,(H,23,26)(H,24,27)(H,25,28). The molecule has 1 aliphatic carbocycles. The molecule has 0 radical (unpaired) electrons. The Kier molecular flexibility index (Phi) is 5.24. The molecule has 1 unspecified atom stereocenters. The molecule has 8 nitrogen and oxygen atoms in total. The lowest BCUT2D eigenvalue weighted by Gasteiger charge is -2.22. The number of rotatable bonds is 4. The number of amides is 2. The molecule has 8 heteroatoms. The number of nitrogens with one attached hydrogen (secondary N) is 3. The highest BCUT2D eigenvalue weighted by Crippen LogP contribution is 2.21. The van der Waals surface area contributed by atoms with Gasteiger partial charge in [0.15, 0.2) is 0 Å². The number of carbonyl (C=O) groups excluding carboxylic acids is 2. The van der Waals surface area contributed by atoms with Gasteiger partial charge < -0.3 is 15.4 Å². The number of fused-ring (bicyclic) bond motifs is 1. The molecule has 4 rings (SSSR count). The predicted octanol–water partition coefficient (Wildman–Crippen LogP) is 2.52. The number of hydrogen-bond donors (Lipinski definition) is 3. The minimum Gasteiger partial charge on any atom is -0.439 e. The first kappa shape index (κ1) is 18.7. The first-order chi connectivity index (χ1) is 14.1. The van der Waals surface area contributed by atoms with E-state index in [1.807, 2.05) is 31.2 Å². The number of ether oxygens (including phenoxy) is 1. The van der Waals surface area contributed by atoms with Gasteiger partial charge in [0.2, 0.25) is 5.88 Å². The van der Waals surface area contributed by atoms with Crippen LogP contribution < -0.4 is 15.4 Å². The molecule has 2 aromatic heterocycles. The second kappa shape index (κ2) is 8.14. The first-order valence-corrected chi connectivity index (χ1v) is 9.40. The van der Waals surface area contributed by atoms with E-state index in [1.165, 1.54) is 11.8 Å². The topological polar surface area (TPSA) is 109 Å². The Morgan fingerprint density at radius 2 is 1.93 bits per heavy atom. The number of aryl methyl sites for hydroxylation is 2. The zero-order valence-corrected chi connectivity index (χ0v) is 15.9. The van der Waals surface area contributed by atoms with E-state index in [9.17, 15) is 9.59 Å². The number of pyridine rings is 1. The van der Waals surface area contributed by atoms with Gasteiger partial charge >= 0.3 is 11.8 Å². The molecular weight excluding hydrogens is 370 g/mol. The number of carbonyl (C=O) groups is 2. The van der Waals surface area contributed by atoms with Gasteiger partial charge in [-0.15, -0.1) is 0 Å². The van der Waals surface area contributed by atoms with Crippen molar-refractivity contribution in [3.8, 4) is 11.6 Å².